The Morgan fingerprint density at radius 1 is 1.23 bits per heavy atom. The predicted octanol–water partition coefficient (Wildman–Crippen LogP) is 4.55. The van der Waals surface area contributed by atoms with Crippen molar-refractivity contribution >= 4 is 35.0 Å². The number of anilines is 1. The number of carbonyl (C=O) groups excluding carboxylic acids is 1. The van der Waals surface area contributed by atoms with Gasteiger partial charge in [0.25, 0.3) is 5.91 Å². The third-order valence-electron chi connectivity index (χ3n) is 3.91. The van der Waals surface area contributed by atoms with Crippen LogP contribution < -0.4 is 14.5 Å². The van der Waals surface area contributed by atoms with Gasteiger partial charge in [-0.05, 0) is 49.8 Å². The lowest BCUT2D eigenvalue weighted by atomic mass is 10.1. The van der Waals surface area contributed by atoms with Crippen molar-refractivity contribution in [1.29, 1.82) is 0 Å². The van der Waals surface area contributed by atoms with Crippen LogP contribution in [0.2, 0.25) is 5.02 Å². The molecule has 0 atom stereocenters. The molecule has 0 bridgehead atoms. The second-order valence-electron chi connectivity index (χ2n) is 5.66. The summed E-state index contributed by atoms with van der Waals surface area (Å²) < 4.78 is 10.9. The van der Waals surface area contributed by atoms with Crippen LogP contribution in [0.5, 0.6) is 11.5 Å². The van der Waals surface area contributed by atoms with Crippen LogP contribution in [0.25, 0.3) is 6.08 Å². The average Bonchev–Trinajstić information content (AvgIpc) is 2.91. The lowest BCUT2D eigenvalue weighted by Crippen LogP contribution is -2.21. The summed E-state index contributed by atoms with van der Waals surface area (Å²) in [4.78, 5) is 12.8. The molecular weight excluding hydrogens is 352 g/mol. The minimum atomic E-state index is -0.182. The third-order valence-corrected chi connectivity index (χ3v) is 4.19. The summed E-state index contributed by atoms with van der Waals surface area (Å²) in [6.45, 7) is 4.17. The summed E-state index contributed by atoms with van der Waals surface area (Å²) in [5.74, 6) is 0.831. The van der Waals surface area contributed by atoms with Crippen molar-refractivity contribution in [3.8, 4) is 11.5 Å². The highest BCUT2D eigenvalue weighted by molar-refractivity contribution is 6.33. The van der Waals surface area contributed by atoms with Gasteiger partial charge in [-0.3, -0.25) is 4.79 Å². The van der Waals surface area contributed by atoms with E-state index in [4.69, 9.17) is 21.1 Å². The fraction of sp³-hybridized carbons (Fsp3) is 0.200. The SMILES string of the molecule is CCOc1cc(/C=C2/C(=O)N(c3ccccc3)N=C2C)cc(Cl)c1OC. The Morgan fingerprint density at radius 2 is 1.96 bits per heavy atom. The van der Waals surface area contributed by atoms with E-state index in [2.05, 4.69) is 5.10 Å². The van der Waals surface area contributed by atoms with E-state index in [1.54, 1.807) is 25.1 Å². The van der Waals surface area contributed by atoms with Crippen LogP contribution >= 0.6 is 11.6 Å². The number of hydrogen-bond acceptors (Lipinski definition) is 4. The normalized spacial score (nSPS) is 15.4. The van der Waals surface area contributed by atoms with E-state index in [9.17, 15) is 4.79 Å². The number of hydrazone groups is 1. The molecule has 1 aliphatic heterocycles. The second-order valence-corrected chi connectivity index (χ2v) is 6.07. The molecule has 0 aromatic heterocycles. The molecule has 3 rings (SSSR count). The zero-order chi connectivity index (χ0) is 18.7. The predicted molar refractivity (Wildman–Crippen MR) is 104 cm³/mol. The molecule has 5 nitrogen and oxygen atoms in total. The number of carbonyl (C=O) groups is 1. The van der Waals surface area contributed by atoms with E-state index in [-0.39, 0.29) is 5.91 Å². The molecule has 134 valence electrons. The number of rotatable bonds is 5. The summed E-state index contributed by atoms with van der Waals surface area (Å²) >= 11 is 6.29. The van der Waals surface area contributed by atoms with Crippen molar-refractivity contribution in [2.45, 2.75) is 13.8 Å². The van der Waals surface area contributed by atoms with Crippen molar-refractivity contribution in [1.82, 2.24) is 0 Å². The molecule has 0 spiro atoms. The standard InChI is InChI=1S/C20H19ClN2O3/c1-4-26-18-12-14(11-17(21)19(18)25-3)10-16-13(2)22-23(20(16)24)15-8-6-5-7-9-15/h5-12H,4H2,1-3H3/b16-10+. The first-order valence-electron chi connectivity index (χ1n) is 8.22. The van der Waals surface area contributed by atoms with Gasteiger partial charge in [-0.15, -0.1) is 0 Å². The van der Waals surface area contributed by atoms with Crippen molar-refractivity contribution in [3.63, 3.8) is 0 Å². The Morgan fingerprint density at radius 3 is 2.62 bits per heavy atom. The van der Waals surface area contributed by atoms with Crippen LogP contribution in [-0.4, -0.2) is 25.3 Å². The van der Waals surface area contributed by atoms with E-state index in [1.807, 2.05) is 37.3 Å². The fourth-order valence-electron chi connectivity index (χ4n) is 2.73. The van der Waals surface area contributed by atoms with E-state index < -0.39 is 0 Å². The molecule has 0 aliphatic carbocycles. The monoisotopic (exact) mass is 370 g/mol. The number of nitrogens with zero attached hydrogens (tertiary/aromatic N) is 2. The van der Waals surface area contributed by atoms with E-state index in [0.29, 0.717) is 34.4 Å². The van der Waals surface area contributed by atoms with Crippen LogP contribution in [0.15, 0.2) is 53.1 Å². The van der Waals surface area contributed by atoms with Gasteiger partial charge in [0.1, 0.15) is 0 Å². The van der Waals surface area contributed by atoms with E-state index >= 15 is 0 Å². The van der Waals surface area contributed by atoms with Gasteiger partial charge in [0.15, 0.2) is 11.5 Å². The highest BCUT2D eigenvalue weighted by atomic mass is 35.5. The fourth-order valence-corrected chi connectivity index (χ4v) is 3.02. The molecule has 0 saturated heterocycles. The summed E-state index contributed by atoms with van der Waals surface area (Å²) in [6, 6.07) is 12.9. The number of amides is 1. The quantitative estimate of drug-likeness (QED) is 0.725. The van der Waals surface area contributed by atoms with E-state index in [1.165, 1.54) is 12.1 Å². The van der Waals surface area contributed by atoms with Gasteiger partial charge in [-0.1, -0.05) is 29.8 Å². The molecule has 26 heavy (non-hydrogen) atoms. The number of hydrogen-bond donors (Lipinski definition) is 0. The van der Waals surface area contributed by atoms with Gasteiger partial charge in [0.05, 0.1) is 35.7 Å². The summed E-state index contributed by atoms with van der Waals surface area (Å²) in [6.07, 6.45) is 1.76. The first-order valence-corrected chi connectivity index (χ1v) is 8.60. The molecule has 1 aliphatic rings. The second kappa shape index (κ2) is 7.62. The molecule has 0 fully saturated rings. The van der Waals surface area contributed by atoms with Gasteiger partial charge < -0.3 is 9.47 Å². The van der Waals surface area contributed by atoms with Crippen molar-refractivity contribution in [3.05, 3.63) is 58.6 Å². The van der Waals surface area contributed by atoms with Gasteiger partial charge >= 0.3 is 0 Å². The van der Waals surface area contributed by atoms with Gasteiger partial charge in [0, 0.05) is 0 Å². The molecular formula is C20H19ClN2O3. The Bertz CT molecular complexity index is 891. The topological polar surface area (TPSA) is 51.1 Å². The molecule has 1 amide bonds. The van der Waals surface area contributed by atoms with E-state index in [0.717, 1.165) is 11.3 Å². The number of halogens is 1. The molecule has 2 aromatic rings. The number of methoxy groups -OCH3 is 1. The Kier molecular flexibility index (Phi) is 5.28. The summed E-state index contributed by atoms with van der Waals surface area (Å²) in [5.41, 5.74) is 2.62. The van der Waals surface area contributed by atoms with Crippen molar-refractivity contribution in [2.75, 3.05) is 18.7 Å². The Labute approximate surface area is 157 Å². The number of benzene rings is 2. The van der Waals surface area contributed by atoms with Crippen molar-refractivity contribution in [2.24, 2.45) is 5.10 Å². The minimum Gasteiger partial charge on any atom is -0.491 e. The number of para-hydroxylation sites is 1. The lowest BCUT2D eigenvalue weighted by molar-refractivity contribution is -0.114. The molecule has 0 unspecified atom stereocenters. The van der Waals surface area contributed by atoms with Gasteiger partial charge in [-0.2, -0.15) is 10.1 Å². The maximum absolute atomic E-state index is 12.8. The van der Waals surface area contributed by atoms with Gasteiger partial charge in [-0.25, -0.2) is 0 Å². The zero-order valence-electron chi connectivity index (χ0n) is 14.8. The van der Waals surface area contributed by atoms with Crippen LogP contribution in [0.1, 0.15) is 19.4 Å². The van der Waals surface area contributed by atoms with Crippen LogP contribution in [0.3, 0.4) is 0 Å². The lowest BCUT2D eigenvalue weighted by Gasteiger charge is -2.12. The van der Waals surface area contributed by atoms with Crippen LogP contribution in [-0.2, 0) is 4.79 Å². The largest absolute Gasteiger partial charge is 0.491 e. The summed E-state index contributed by atoms with van der Waals surface area (Å²) in [7, 11) is 1.54. The third kappa shape index (κ3) is 3.44. The Hall–Kier alpha value is -2.79. The molecule has 1 heterocycles. The highest BCUT2D eigenvalue weighted by Gasteiger charge is 2.28. The van der Waals surface area contributed by atoms with Gasteiger partial charge in [0.2, 0.25) is 0 Å². The maximum Gasteiger partial charge on any atom is 0.280 e. The maximum atomic E-state index is 12.8. The zero-order valence-corrected chi connectivity index (χ0v) is 15.6. The molecule has 2 aromatic carbocycles. The van der Waals surface area contributed by atoms with Crippen LogP contribution in [0.4, 0.5) is 5.69 Å². The first kappa shape index (κ1) is 18.0. The molecule has 6 heteroatoms. The number of ether oxygens (including phenoxy) is 2. The highest BCUT2D eigenvalue weighted by Crippen LogP contribution is 2.37. The average molecular weight is 371 g/mol. The smallest absolute Gasteiger partial charge is 0.280 e. The summed E-state index contributed by atoms with van der Waals surface area (Å²) in [5, 5.41) is 6.20. The minimum absolute atomic E-state index is 0.182. The molecule has 0 saturated carbocycles. The first-order chi connectivity index (χ1) is 12.5. The Balaban J connectivity index is 1.98. The van der Waals surface area contributed by atoms with Crippen LogP contribution in [0, 0.1) is 0 Å². The molecule has 0 radical (unpaired) electrons. The molecule has 0 N–H and O–H groups in total. The van der Waals surface area contributed by atoms with Crippen molar-refractivity contribution < 1.29 is 14.3 Å².